The van der Waals surface area contributed by atoms with E-state index in [0.29, 0.717) is 23.7 Å². The van der Waals surface area contributed by atoms with Crippen molar-refractivity contribution in [3.05, 3.63) is 88.7 Å². The van der Waals surface area contributed by atoms with Crippen molar-refractivity contribution in [2.45, 2.75) is 18.0 Å². The monoisotopic (exact) mass is 398 g/mol. The number of rotatable bonds is 7. The quantitative estimate of drug-likeness (QED) is 0.571. The van der Waals surface area contributed by atoms with Gasteiger partial charge in [0.05, 0.1) is 16.3 Å². The highest BCUT2D eigenvalue weighted by Crippen LogP contribution is 2.23. The molecule has 0 aliphatic heterocycles. The molecule has 0 spiro atoms. The van der Waals surface area contributed by atoms with E-state index in [1.54, 1.807) is 30.1 Å². The maximum Gasteiger partial charge on any atom is 0.253 e. The molecule has 2 aromatic carbocycles. The molecule has 0 saturated carbocycles. The zero-order chi connectivity index (χ0) is 19.1. The molecule has 0 radical (unpaired) electrons. The Bertz CT molecular complexity index is 919. The van der Waals surface area contributed by atoms with Crippen LogP contribution in [0.15, 0.2) is 71.8 Å². The van der Waals surface area contributed by atoms with E-state index in [4.69, 9.17) is 16.3 Å². The van der Waals surface area contributed by atoms with Gasteiger partial charge in [0, 0.05) is 17.6 Å². The van der Waals surface area contributed by atoms with Crippen LogP contribution in [0.3, 0.4) is 0 Å². The Kier molecular flexibility index (Phi) is 6.74. The van der Waals surface area contributed by atoms with Gasteiger partial charge in [-0.3, -0.25) is 9.78 Å². The maximum atomic E-state index is 12.5. The van der Waals surface area contributed by atoms with Gasteiger partial charge in [-0.1, -0.05) is 29.8 Å². The van der Waals surface area contributed by atoms with Gasteiger partial charge in [-0.25, -0.2) is 0 Å². The Hall–Kier alpha value is -2.50. The van der Waals surface area contributed by atoms with E-state index in [9.17, 15) is 4.79 Å². The van der Waals surface area contributed by atoms with Crippen LogP contribution in [0.1, 0.15) is 21.6 Å². The van der Waals surface area contributed by atoms with Gasteiger partial charge in [0.2, 0.25) is 0 Å². The summed E-state index contributed by atoms with van der Waals surface area (Å²) in [7, 11) is 0. The number of hydrogen-bond donors (Lipinski definition) is 1. The molecular formula is C21H19ClN2O2S. The first kappa shape index (κ1) is 19.3. The summed E-state index contributed by atoms with van der Waals surface area (Å²) in [6, 6.07) is 18.8. The number of pyridine rings is 1. The lowest BCUT2D eigenvalue weighted by Gasteiger charge is -2.10. The molecule has 3 rings (SSSR count). The number of carbonyl (C=O) groups excluding carboxylic acids is 1. The highest BCUT2D eigenvalue weighted by Gasteiger charge is 2.11. The van der Waals surface area contributed by atoms with Gasteiger partial charge in [0.1, 0.15) is 12.4 Å². The zero-order valence-corrected chi connectivity index (χ0v) is 16.4. The van der Waals surface area contributed by atoms with E-state index in [0.717, 1.165) is 21.9 Å². The fourth-order valence-electron chi connectivity index (χ4n) is 2.47. The maximum absolute atomic E-state index is 12.5. The Balaban J connectivity index is 1.60. The minimum Gasteiger partial charge on any atom is -0.487 e. The molecular weight excluding hydrogens is 380 g/mol. The Labute approximate surface area is 167 Å². The average Bonchev–Trinajstić information content (AvgIpc) is 2.72. The van der Waals surface area contributed by atoms with E-state index >= 15 is 0 Å². The van der Waals surface area contributed by atoms with Gasteiger partial charge in [0.15, 0.2) is 0 Å². The zero-order valence-electron chi connectivity index (χ0n) is 14.8. The van der Waals surface area contributed by atoms with Crippen LogP contribution >= 0.6 is 23.4 Å². The summed E-state index contributed by atoms with van der Waals surface area (Å²) in [5.41, 5.74) is 2.28. The predicted molar refractivity (Wildman–Crippen MR) is 109 cm³/mol. The molecule has 1 heterocycles. The van der Waals surface area contributed by atoms with Crippen LogP contribution in [0.4, 0.5) is 0 Å². The molecule has 0 atom stereocenters. The number of benzene rings is 2. The second-order valence-electron chi connectivity index (χ2n) is 5.79. The molecule has 0 unspecified atom stereocenters. The SMILES string of the molecule is CSc1ccc(Cl)c(C(=O)NCc2cccc(OCc3ccccn3)c2)c1. The second-order valence-corrected chi connectivity index (χ2v) is 7.07. The molecule has 3 aromatic rings. The van der Waals surface area contributed by atoms with Crippen molar-refractivity contribution in [3.8, 4) is 5.75 Å². The van der Waals surface area contributed by atoms with E-state index in [1.165, 1.54) is 0 Å². The van der Waals surface area contributed by atoms with Gasteiger partial charge in [-0.2, -0.15) is 0 Å². The number of thioether (sulfide) groups is 1. The molecule has 0 aliphatic rings. The summed E-state index contributed by atoms with van der Waals surface area (Å²) in [5.74, 6) is 0.533. The van der Waals surface area contributed by atoms with Crippen LogP contribution < -0.4 is 10.1 Å². The third kappa shape index (κ3) is 5.49. The number of halogens is 1. The Morgan fingerprint density at radius 2 is 2.04 bits per heavy atom. The van der Waals surface area contributed by atoms with E-state index in [1.807, 2.05) is 54.8 Å². The standard InChI is InChI=1S/C21H19ClN2O2S/c1-27-18-8-9-20(22)19(12-18)21(25)24-13-15-5-4-7-17(11-15)26-14-16-6-2-3-10-23-16/h2-12H,13-14H2,1H3,(H,24,25). The Morgan fingerprint density at radius 1 is 1.15 bits per heavy atom. The van der Waals surface area contributed by atoms with Crippen LogP contribution in [0.5, 0.6) is 5.75 Å². The number of nitrogens with zero attached hydrogens (tertiary/aromatic N) is 1. The normalized spacial score (nSPS) is 10.4. The van der Waals surface area contributed by atoms with Gasteiger partial charge in [-0.15, -0.1) is 11.8 Å². The molecule has 1 N–H and O–H groups in total. The number of nitrogens with one attached hydrogen (secondary N) is 1. The summed E-state index contributed by atoms with van der Waals surface area (Å²) in [6.07, 6.45) is 3.70. The topological polar surface area (TPSA) is 51.2 Å². The summed E-state index contributed by atoms with van der Waals surface area (Å²) in [5, 5.41) is 3.35. The van der Waals surface area contributed by atoms with Crippen molar-refractivity contribution in [2.24, 2.45) is 0 Å². The lowest BCUT2D eigenvalue weighted by molar-refractivity contribution is 0.0951. The molecule has 1 amide bonds. The molecule has 4 nitrogen and oxygen atoms in total. The highest BCUT2D eigenvalue weighted by atomic mass is 35.5. The third-order valence-electron chi connectivity index (χ3n) is 3.88. The van der Waals surface area contributed by atoms with Crippen molar-refractivity contribution in [3.63, 3.8) is 0 Å². The number of ether oxygens (including phenoxy) is 1. The molecule has 0 fully saturated rings. The summed E-state index contributed by atoms with van der Waals surface area (Å²) < 4.78 is 5.77. The van der Waals surface area contributed by atoms with E-state index < -0.39 is 0 Å². The summed E-state index contributed by atoms with van der Waals surface area (Å²) in [6.45, 7) is 0.785. The third-order valence-corrected chi connectivity index (χ3v) is 4.94. The summed E-state index contributed by atoms with van der Waals surface area (Å²) in [4.78, 5) is 17.7. The first-order valence-corrected chi connectivity index (χ1v) is 9.99. The van der Waals surface area contributed by atoms with Crippen molar-refractivity contribution in [2.75, 3.05) is 6.26 Å². The molecule has 0 aliphatic carbocycles. The summed E-state index contributed by atoms with van der Waals surface area (Å²) >= 11 is 7.73. The van der Waals surface area contributed by atoms with Crippen LogP contribution in [0.25, 0.3) is 0 Å². The van der Waals surface area contributed by atoms with Crippen LogP contribution in [-0.2, 0) is 13.2 Å². The van der Waals surface area contributed by atoms with Crippen molar-refractivity contribution >= 4 is 29.3 Å². The number of carbonyl (C=O) groups is 1. The predicted octanol–water partition coefficient (Wildman–Crippen LogP) is 4.97. The average molecular weight is 399 g/mol. The van der Waals surface area contributed by atoms with E-state index in [2.05, 4.69) is 10.3 Å². The fourth-order valence-corrected chi connectivity index (χ4v) is 3.11. The van der Waals surface area contributed by atoms with Crippen LogP contribution in [-0.4, -0.2) is 17.1 Å². The van der Waals surface area contributed by atoms with Gasteiger partial charge >= 0.3 is 0 Å². The lowest BCUT2D eigenvalue weighted by Crippen LogP contribution is -2.23. The van der Waals surface area contributed by atoms with Crippen molar-refractivity contribution < 1.29 is 9.53 Å². The number of hydrogen-bond acceptors (Lipinski definition) is 4. The largest absolute Gasteiger partial charge is 0.487 e. The lowest BCUT2D eigenvalue weighted by atomic mass is 10.2. The molecule has 6 heteroatoms. The van der Waals surface area contributed by atoms with Crippen molar-refractivity contribution in [1.82, 2.24) is 10.3 Å². The molecule has 138 valence electrons. The number of amides is 1. The Morgan fingerprint density at radius 3 is 2.81 bits per heavy atom. The van der Waals surface area contributed by atoms with Gasteiger partial charge < -0.3 is 10.1 Å². The minimum absolute atomic E-state index is 0.198. The fraction of sp³-hybridized carbons (Fsp3) is 0.143. The molecule has 27 heavy (non-hydrogen) atoms. The molecule has 1 aromatic heterocycles. The minimum atomic E-state index is -0.198. The smallest absolute Gasteiger partial charge is 0.253 e. The van der Waals surface area contributed by atoms with Gasteiger partial charge in [-0.05, 0) is 54.3 Å². The van der Waals surface area contributed by atoms with Crippen LogP contribution in [0, 0.1) is 0 Å². The first-order chi connectivity index (χ1) is 13.2. The van der Waals surface area contributed by atoms with Crippen LogP contribution in [0.2, 0.25) is 5.02 Å². The first-order valence-electron chi connectivity index (χ1n) is 8.39. The van der Waals surface area contributed by atoms with Crippen molar-refractivity contribution in [1.29, 1.82) is 0 Å². The second kappa shape index (κ2) is 9.44. The highest BCUT2D eigenvalue weighted by molar-refractivity contribution is 7.98. The van der Waals surface area contributed by atoms with E-state index in [-0.39, 0.29) is 5.91 Å². The molecule has 0 bridgehead atoms. The molecule has 0 saturated heterocycles. The number of aromatic nitrogens is 1. The van der Waals surface area contributed by atoms with Gasteiger partial charge in [0.25, 0.3) is 5.91 Å².